The normalized spacial score (nSPS) is 11.4. The standard InChI is InChI=1S/C19H17ClN4O5/c1-4-28-17(26)14-11(10-7-5-6-8-12(10)29-14)9-24-13-15(21-18(24)20)22(2)19(27)23(3)16(13)25/h5-8H,4,9H2,1-3H3. The highest BCUT2D eigenvalue weighted by Gasteiger charge is 2.25. The van der Waals surface area contributed by atoms with Gasteiger partial charge in [-0.25, -0.2) is 9.59 Å². The molecule has 0 unspecified atom stereocenters. The van der Waals surface area contributed by atoms with E-state index in [-0.39, 0.29) is 35.4 Å². The molecule has 3 aromatic heterocycles. The zero-order valence-electron chi connectivity index (χ0n) is 15.9. The zero-order chi connectivity index (χ0) is 20.9. The molecule has 0 spiro atoms. The maximum absolute atomic E-state index is 12.8. The minimum absolute atomic E-state index is 0.0124. The van der Waals surface area contributed by atoms with Gasteiger partial charge in [0.15, 0.2) is 11.2 Å². The first kappa shape index (κ1) is 19.0. The number of imidazole rings is 1. The van der Waals surface area contributed by atoms with Gasteiger partial charge < -0.3 is 13.7 Å². The summed E-state index contributed by atoms with van der Waals surface area (Å²) in [4.78, 5) is 41.6. The van der Waals surface area contributed by atoms with Gasteiger partial charge in [-0.1, -0.05) is 18.2 Å². The monoisotopic (exact) mass is 416 g/mol. The van der Waals surface area contributed by atoms with Gasteiger partial charge in [-0.3, -0.25) is 13.9 Å². The van der Waals surface area contributed by atoms with E-state index in [0.29, 0.717) is 16.5 Å². The van der Waals surface area contributed by atoms with Crippen LogP contribution in [0.25, 0.3) is 22.1 Å². The fourth-order valence-corrected chi connectivity index (χ4v) is 3.56. The van der Waals surface area contributed by atoms with E-state index in [1.165, 1.54) is 23.2 Å². The number of fused-ring (bicyclic) bond motifs is 2. The largest absolute Gasteiger partial charge is 0.460 e. The van der Waals surface area contributed by atoms with Crippen molar-refractivity contribution in [2.45, 2.75) is 13.5 Å². The first-order chi connectivity index (χ1) is 13.8. The summed E-state index contributed by atoms with van der Waals surface area (Å²) in [5, 5.41) is 0.702. The molecule has 4 rings (SSSR count). The molecule has 0 fully saturated rings. The molecule has 0 radical (unpaired) electrons. The Balaban J connectivity index is 1.99. The van der Waals surface area contributed by atoms with E-state index in [0.717, 1.165) is 4.57 Å². The first-order valence-corrected chi connectivity index (χ1v) is 9.22. The maximum atomic E-state index is 12.8. The van der Waals surface area contributed by atoms with Crippen LogP contribution in [-0.4, -0.2) is 31.3 Å². The number of esters is 1. The number of nitrogens with zero attached hydrogens (tertiary/aromatic N) is 4. The lowest BCUT2D eigenvalue weighted by Crippen LogP contribution is -2.37. The predicted molar refractivity (Wildman–Crippen MR) is 106 cm³/mol. The van der Waals surface area contributed by atoms with E-state index in [2.05, 4.69) is 4.98 Å². The summed E-state index contributed by atoms with van der Waals surface area (Å²) in [6.07, 6.45) is 0. The lowest BCUT2D eigenvalue weighted by Gasteiger charge is -2.08. The van der Waals surface area contributed by atoms with Crippen LogP contribution >= 0.6 is 11.6 Å². The summed E-state index contributed by atoms with van der Waals surface area (Å²) in [5.74, 6) is -0.577. The molecule has 1 aromatic carbocycles. The van der Waals surface area contributed by atoms with Gasteiger partial charge in [0.2, 0.25) is 11.0 Å². The van der Waals surface area contributed by atoms with Gasteiger partial charge in [0.1, 0.15) is 5.58 Å². The van der Waals surface area contributed by atoms with E-state index in [9.17, 15) is 14.4 Å². The van der Waals surface area contributed by atoms with E-state index >= 15 is 0 Å². The van der Waals surface area contributed by atoms with E-state index in [1.807, 2.05) is 6.07 Å². The zero-order valence-corrected chi connectivity index (χ0v) is 16.7. The number of aryl methyl sites for hydroxylation is 1. The Morgan fingerprint density at radius 1 is 1.21 bits per heavy atom. The molecule has 9 nitrogen and oxygen atoms in total. The van der Waals surface area contributed by atoms with Crippen LogP contribution in [0.4, 0.5) is 0 Å². The average Bonchev–Trinajstić information content (AvgIpc) is 3.24. The van der Waals surface area contributed by atoms with E-state index < -0.39 is 17.2 Å². The second kappa shape index (κ2) is 6.93. The van der Waals surface area contributed by atoms with Crippen molar-refractivity contribution in [1.82, 2.24) is 18.7 Å². The molecule has 0 aliphatic rings. The molecule has 3 heterocycles. The number of aromatic nitrogens is 4. The molecular weight excluding hydrogens is 400 g/mol. The number of halogens is 1. The van der Waals surface area contributed by atoms with Gasteiger partial charge in [0.25, 0.3) is 5.56 Å². The molecule has 0 N–H and O–H groups in total. The molecule has 0 aliphatic carbocycles. The highest BCUT2D eigenvalue weighted by atomic mass is 35.5. The van der Waals surface area contributed by atoms with Crippen LogP contribution in [0, 0.1) is 0 Å². The van der Waals surface area contributed by atoms with E-state index in [4.69, 9.17) is 20.8 Å². The minimum Gasteiger partial charge on any atom is -0.460 e. The SMILES string of the molecule is CCOC(=O)c1oc2ccccc2c1Cn1c(Cl)nc2c1c(=O)n(C)c(=O)n2C. The van der Waals surface area contributed by atoms with Crippen LogP contribution in [0.3, 0.4) is 0 Å². The summed E-state index contributed by atoms with van der Waals surface area (Å²) in [6.45, 7) is 1.92. The summed E-state index contributed by atoms with van der Waals surface area (Å²) in [7, 11) is 2.89. The molecule has 29 heavy (non-hydrogen) atoms. The topological polar surface area (TPSA) is 101 Å². The van der Waals surface area contributed by atoms with E-state index in [1.54, 1.807) is 25.1 Å². The van der Waals surface area contributed by atoms with Crippen LogP contribution in [0.15, 0.2) is 38.3 Å². The Bertz CT molecular complexity index is 1390. The third-order valence-corrected chi connectivity index (χ3v) is 5.07. The van der Waals surface area contributed by atoms with Crippen molar-refractivity contribution in [3.05, 3.63) is 61.7 Å². The number of ether oxygens (including phenoxy) is 1. The smallest absolute Gasteiger partial charge is 0.374 e. The van der Waals surface area contributed by atoms with Crippen molar-refractivity contribution in [3.8, 4) is 0 Å². The predicted octanol–water partition coefficient (Wildman–Crippen LogP) is 2.06. The quantitative estimate of drug-likeness (QED) is 0.373. The molecule has 150 valence electrons. The van der Waals surface area contributed by atoms with Crippen LogP contribution in [0.5, 0.6) is 0 Å². The van der Waals surface area contributed by atoms with Crippen molar-refractivity contribution >= 4 is 39.7 Å². The molecule has 0 saturated heterocycles. The number of hydrogen-bond donors (Lipinski definition) is 0. The molecule has 4 aromatic rings. The van der Waals surface area contributed by atoms with Gasteiger partial charge in [-0.15, -0.1) is 0 Å². The molecule has 10 heteroatoms. The van der Waals surface area contributed by atoms with Crippen LogP contribution < -0.4 is 11.2 Å². The van der Waals surface area contributed by atoms with Crippen molar-refractivity contribution < 1.29 is 13.9 Å². The first-order valence-electron chi connectivity index (χ1n) is 8.84. The summed E-state index contributed by atoms with van der Waals surface area (Å²) in [6, 6.07) is 7.14. The Morgan fingerprint density at radius 2 is 1.93 bits per heavy atom. The maximum Gasteiger partial charge on any atom is 0.374 e. The van der Waals surface area contributed by atoms with Gasteiger partial charge in [-0.2, -0.15) is 4.98 Å². The van der Waals surface area contributed by atoms with Crippen molar-refractivity contribution in [1.29, 1.82) is 0 Å². The Kier molecular flexibility index (Phi) is 4.54. The summed E-state index contributed by atoms with van der Waals surface area (Å²) >= 11 is 6.32. The molecule has 0 amide bonds. The molecule has 0 atom stereocenters. The third kappa shape index (κ3) is 2.85. The van der Waals surface area contributed by atoms with Crippen molar-refractivity contribution in [2.75, 3.05) is 6.61 Å². The second-order valence-corrected chi connectivity index (χ2v) is 6.81. The minimum atomic E-state index is -0.612. The lowest BCUT2D eigenvalue weighted by molar-refractivity contribution is 0.0491. The average molecular weight is 417 g/mol. The number of para-hydroxylation sites is 1. The fraction of sp³-hybridized carbons (Fsp3) is 0.263. The Morgan fingerprint density at radius 3 is 2.66 bits per heavy atom. The Hall–Kier alpha value is -3.33. The lowest BCUT2D eigenvalue weighted by atomic mass is 10.1. The number of carbonyl (C=O) groups excluding carboxylic acids is 1. The highest BCUT2D eigenvalue weighted by molar-refractivity contribution is 6.29. The molecule has 0 bridgehead atoms. The van der Waals surface area contributed by atoms with Crippen LogP contribution in [-0.2, 0) is 25.4 Å². The molecule has 0 saturated carbocycles. The van der Waals surface area contributed by atoms with Gasteiger partial charge in [0, 0.05) is 25.0 Å². The number of hydrogen-bond acceptors (Lipinski definition) is 6. The van der Waals surface area contributed by atoms with Crippen molar-refractivity contribution in [2.24, 2.45) is 14.1 Å². The number of carbonyl (C=O) groups is 1. The fourth-order valence-electron chi connectivity index (χ4n) is 3.34. The van der Waals surface area contributed by atoms with Gasteiger partial charge in [0.05, 0.1) is 13.2 Å². The van der Waals surface area contributed by atoms with Crippen molar-refractivity contribution in [3.63, 3.8) is 0 Å². The summed E-state index contributed by atoms with van der Waals surface area (Å²) < 4.78 is 14.5. The van der Waals surface area contributed by atoms with Crippen LogP contribution in [0.1, 0.15) is 23.0 Å². The molecule has 0 aliphatic heterocycles. The van der Waals surface area contributed by atoms with Crippen LogP contribution in [0.2, 0.25) is 5.28 Å². The van der Waals surface area contributed by atoms with Gasteiger partial charge >= 0.3 is 11.7 Å². The summed E-state index contributed by atoms with van der Waals surface area (Å²) in [5.41, 5.74) is 0.286. The third-order valence-electron chi connectivity index (χ3n) is 4.78. The second-order valence-electron chi connectivity index (χ2n) is 6.47. The number of rotatable bonds is 4. The number of furan rings is 1. The number of benzene rings is 1. The molecular formula is C19H17ClN4O5. The Labute approximate surface area is 168 Å². The highest BCUT2D eigenvalue weighted by Crippen LogP contribution is 2.29. The van der Waals surface area contributed by atoms with Gasteiger partial charge in [-0.05, 0) is 24.6 Å².